The van der Waals surface area contributed by atoms with Gasteiger partial charge in [0.2, 0.25) is 20.1 Å². The number of hydrogen-bond donors (Lipinski definition) is 1. The van der Waals surface area contributed by atoms with Crippen LogP contribution in [0, 0.1) is 0 Å². The van der Waals surface area contributed by atoms with Crippen LogP contribution < -0.4 is 5.32 Å². The molecule has 0 unspecified atom stereocenters. The zero-order chi connectivity index (χ0) is 16.6. The number of pyridine rings is 1. The monoisotopic (exact) mass is 351 g/mol. The van der Waals surface area contributed by atoms with Gasteiger partial charge >= 0.3 is 0 Å². The van der Waals surface area contributed by atoms with Crippen molar-refractivity contribution >= 4 is 37.7 Å². The molecule has 0 atom stereocenters. The molecule has 0 saturated heterocycles. The second-order valence-electron chi connectivity index (χ2n) is 4.78. The lowest BCUT2D eigenvalue weighted by molar-refractivity contribution is 0.102. The van der Waals surface area contributed by atoms with Gasteiger partial charge in [-0.15, -0.1) is 10.2 Å². The molecule has 10 heteroatoms. The van der Waals surface area contributed by atoms with Gasteiger partial charge in [-0.3, -0.25) is 14.5 Å². The number of hydrogen-bond acceptors (Lipinski definition) is 7. The highest BCUT2D eigenvalue weighted by atomic mass is 32.2. The van der Waals surface area contributed by atoms with E-state index >= 15 is 0 Å². The minimum absolute atomic E-state index is 0.0271. The Morgan fingerprint density at radius 3 is 2.78 bits per heavy atom. The van der Waals surface area contributed by atoms with Crippen molar-refractivity contribution in [3.05, 3.63) is 35.1 Å². The van der Waals surface area contributed by atoms with Gasteiger partial charge in [-0.05, 0) is 18.6 Å². The van der Waals surface area contributed by atoms with E-state index in [1.165, 1.54) is 15.7 Å². The molecule has 0 aliphatic heterocycles. The Bertz CT molecular complexity index is 990. The number of nitrogens with one attached hydrogen (secondary N) is 1. The molecule has 1 N–H and O–H groups in total. The number of imidazole rings is 1. The summed E-state index contributed by atoms with van der Waals surface area (Å²) in [6, 6.07) is 5.01. The van der Waals surface area contributed by atoms with Gasteiger partial charge in [0.05, 0.1) is 5.52 Å². The Morgan fingerprint density at radius 2 is 2.13 bits per heavy atom. The van der Waals surface area contributed by atoms with E-state index in [0.29, 0.717) is 10.6 Å². The molecule has 0 aliphatic carbocycles. The zero-order valence-corrected chi connectivity index (χ0v) is 14.0. The molecule has 8 nitrogen and oxygen atoms in total. The third-order valence-corrected chi connectivity index (χ3v) is 4.99. The highest BCUT2D eigenvalue weighted by Crippen LogP contribution is 2.20. The van der Waals surface area contributed by atoms with Crippen LogP contribution in [0.1, 0.15) is 22.4 Å². The number of carbonyl (C=O) groups excluding carboxylic acids is 1. The van der Waals surface area contributed by atoms with E-state index in [1.54, 1.807) is 24.4 Å². The second kappa shape index (κ2) is 5.70. The number of amides is 1. The lowest BCUT2D eigenvalue weighted by Gasteiger charge is -1.98. The van der Waals surface area contributed by atoms with Crippen molar-refractivity contribution in [3.63, 3.8) is 0 Å². The number of carbonyl (C=O) groups is 1. The van der Waals surface area contributed by atoms with Crippen molar-refractivity contribution in [2.45, 2.75) is 18.5 Å². The third-order valence-electron chi connectivity index (χ3n) is 3.05. The average Bonchev–Trinajstić information content (AvgIpc) is 3.10. The van der Waals surface area contributed by atoms with Crippen molar-refractivity contribution in [2.24, 2.45) is 0 Å². The van der Waals surface area contributed by atoms with Crippen LogP contribution in [0.4, 0.5) is 5.13 Å². The highest BCUT2D eigenvalue weighted by molar-refractivity contribution is 7.90. The summed E-state index contributed by atoms with van der Waals surface area (Å²) < 4.78 is 25.1. The Hall–Kier alpha value is -2.33. The molecule has 0 saturated carbocycles. The highest BCUT2D eigenvalue weighted by Gasteiger charge is 2.23. The summed E-state index contributed by atoms with van der Waals surface area (Å²) in [5.41, 5.74) is 0.435. The number of fused-ring (bicyclic) bond motifs is 1. The van der Waals surface area contributed by atoms with Crippen LogP contribution in [-0.2, 0) is 16.3 Å². The Labute approximate surface area is 136 Å². The standard InChI is InChI=1S/C13H13N5O3S2/c1-3-9-16-17-12(22-9)15-11(19)10-8-6-4-5-7-18(8)13(14-10)23(2,20)21/h4-7H,3H2,1-2H3,(H,15,17,19). The summed E-state index contributed by atoms with van der Waals surface area (Å²) in [7, 11) is -3.57. The largest absolute Gasteiger partial charge is 0.295 e. The van der Waals surface area contributed by atoms with E-state index in [1.807, 2.05) is 6.92 Å². The number of anilines is 1. The first-order valence-corrected chi connectivity index (χ1v) is 9.42. The first-order valence-electron chi connectivity index (χ1n) is 6.71. The SMILES string of the molecule is CCc1nnc(NC(=O)c2nc(S(C)(=O)=O)n3ccccc23)s1. The maximum atomic E-state index is 12.4. The van der Waals surface area contributed by atoms with Gasteiger partial charge in [-0.2, -0.15) is 0 Å². The summed E-state index contributed by atoms with van der Waals surface area (Å²) in [5, 5.41) is 11.4. The predicted octanol–water partition coefficient (Wildman–Crippen LogP) is 1.40. The van der Waals surface area contributed by atoms with E-state index in [9.17, 15) is 13.2 Å². The number of aryl methyl sites for hydroxylation is 1. The Balaban J connectivity index is 2.04. The van der Waals surface area contributed by atoms with E-state index in [2.05, 4.69) is 20.5 Å². The summed E-state index contributed by atoms with van der Waals surface area (Å²) in [5.74, 6) is -0.526. The number of nitrogens with zero attached hydrogens (tertiary/aromatic N) is 4. The Morgan fingerprint density at radius 1 is 1.35 bits per heavy atom. The molecule has 3 aromatic heterocycles. The maximum Gasteiger partial charge on any atom is 0.278 e. The Kier molecular flexibility index (Phi) is 3.86. The minimum Gasteiger partial charge on any atom is -0.295 e. The normalized spacial score (nSPS) is 11.7. The zero-order valence-electron chi connectivity index (χ0n) is 12.3. The van der Waals surface area contributed by atoms with Crippen molar-refractivity contribution in [1.29, 1.82) is 0 Å². The van der Waals surface area contributed by atoms with Crippen molar-refractivity contribution in [2.75, 3.05) is 11.6 Å². The fourth-order valence-electron chi connectivity index (χ4n) is 2.04. The maximum absolute atomic E-state index is 12.4. The van der Waals surface area contributed by atoms with Crippen LogP contribution in [0.5, 0.6) is 0 Å². The summed E-state index contributed by atoms with van der Waals surface area (Å²) >= 11 is 1.27. The molecule has 3 heterocycles. The molecular formula is C13H13N5O3S2. The number of rotatable bonds is 4. The van der Waals surface area contributed by atoms with Gasteiger partial charge in [-0.1, -0.05) is 24.3 Å². The molecule has 1 amide bonds. The van der Waals surface area contributed by atoms with Crippen LogP contribution in [0.3, 0.4) is 0 Å². The minimum atomic E-state index is -3.57. The van der Waals surface area contributed by atoms with Crippen LogP contribution in [0.25, 0.3) is 5.52 Å². The molecule has 0 fully saturated rings. The van der Waals surface area contributed by atoms with E-state index in [0.717, 1.165) is 17.7 Å². The summed E-state index contributed by atoms with van der Waals surface area (Å²) in [6.45, 7) is 1.94. The topological polar surface area (TPSA) is 106 Å². The lowest BCUT2D eigenvalue weighted by atomic mass is 10.3. The quantitative estimate of drug-likeness (QED) is 0.761. The van der Waals surface area contributed by atoms with Crippen molar-refractivity contribution in [3.8, 4) is 0 Å². The lowest BCUT2D eigenvalue weighted by Crippen LogP contribution is -2.13. The number of aromatic nitrogens is 4. The molecule has 23 heavy (non-hydrogen) atoms. The third kappa shape index (κ3) is 2.94. The molecule has 0 aromatic carbocycles. The van der Waals surface area contributed by atoms with Gasteiger partial charge < -0.3 is 0 Å². The fourth-order valence-corrected chi connectivity index (χ4v) is 3.49. The summed E-state index contributed by atoms with van der Waals surface area (Å²) in [4.78, 5) is 16.4. The smallest absolute Gasteiger partial charge is 0.278 e. The molecular weight excluding hydrogens is 338 g/mol. The van der Waals surface area contributed by atoms with Crippen LogP contribution in [0.15, 0.2) is 29.6 Å². The van der Waals surface area contributed by atoms with E-state index in [4.69, 9.17) is 0 Å². The van der Waals surface area contributed by atoms with Crippen LogP contribution in [0.2, 0.25) is 0 Å². The molecule has 120 valence electrons. The first kappa shape index (κ1) is 15.6. The second-order valence-corrected chi connectivity index (χ2v) is 7.75. The predicted molar refractivity (Wildman–Crippen MR) is 85.5 cm³/mol. The molecule has 0 radical (unpaired) electrons. The number of sulfone groups is 1. The van der Waals surface area contributed by atoms with Gasteiger partial charge in [-0.25, -0.2) is 13.4 Å². The molecule has 0 spiro atoms. The molecule has 3 rings (SSSR count). The fraction of sp³-hybridized carbons (Fsp3) is 0.231. The molecule has 3 aromatic rings. The average molecular weight is 351 g/mol. The first-order chi connectivity index (χ1) is 10.9. The molecule has 0 aliphatic rings. The van der Waals surface area contributed by atoms with Crippen LogP contribution >= 0.6 is 11.3 Å². The van der Waals surface area contributed by atoms with Gasteiger partial charge in [0.1, 0.15) is 5.01 Å². The summed E-state index contributed by atoms with van der Waals surface area (Å²) in [6.07, 6.45) is 3.32. The van der Waals surface area contributed by atoms with Crippen molar-refractivity contribution in [1.82, 2.24) is 19.6 Å². The van der Waals surface area contributed by atoms with Gasteiger partial charge in [0.15, 0.2) is 5.69 Å². The van der Waals surface area contributed by atoms with Gasteiger partial charge in [0, 0.05) is 12.5 Å². The van der Waals surface area contributed by atoms with E-state index < -0.39 is 15.7 Å². The van der Waals surface area contributed by atoms with Crippen molar-refractivity contribution < 1.29 is 13.2 Å². The van der Waals surface area contributed by atoms with Crippen LogP contribution in [-0.4, -0.2) is 40.2 Å². The molecule has 0 bridgehead atoms. The van der Waals surface area contributed by atoms with Gasteiger partial charge in [0.25, 0.3) is 5.91 Å². The van der Waals surface area contributed by atoms with E-state index in [-0.39, 0.29) is 10.9 Å².